The number of ether oxygens (including phenoxy) is 1. The number of rotatable bonds is 8. The van der Waals surface area contributed by atoms with Crippen molar-refractivity contribution in [1.82, 2.24) is 4.90 Å². The molecule has 0 atom stereocenters. The van der Waals surface area contributed by atoms with E-state index in [-0.39, 0.29) is 11.7 Å². The lowest BCUT2D eigenvalue weighted by Crippen LogP contribution is -2.31. The first-order valence-corrected chi connectivity index (χ1v) is 9.63. The van der Waals surface area contributed by atoms with Crippen LogP contribution in [0.2, 0.25) is 0 Å². The molecule has 3 aromatic rings. The number of carbonyl (C=O) groups excluding carboxylic acids is 2. The molecule has 0 N–H and O–H groups in total. The molecule has 0 heterocycles. The molecule has 0 aliphatic heterocycles. The summed E-state index contributed by atoms with van der Waals surface area (Å²) in [5.74, 6) is -1.94. The highest BCUT2D eigenvalue weighted by molar-refractivity contribution is 5.95. The van der Waals surface area contributed by atoms with Crippen molar-refractivity contribution < 1.29 is 18.7 Å². The summed E-state index contributed by atoms with van der Waals surface area (Å²) in [6.45, 7) is 0.906. The largest absolute Gasteiger partial charge is 0.420 e. The Morgan fingerprint density at radius 1 is 0.800 bits per heavy atom. The van der Waals surface area contributed by atoms with E-state index in [0.717, 1.165) is 23.3 Å². The van der Waals surface area contributed by atoms with E-state index in [1.54, 1.807) is 11.0 Å². The van der Waals surface area contributed by atoms with Gasteiger partial charge in [-0.25, -0.2) is 9.18 Å². The van der Waals surface area contributed by atoms with E-state index in [9.17, 15) is 14.0 Å². The molecule has 0 aliphatic rings. The molecule has 0 aromatic heterocycles. The topological polar surface area (TPSA) is 46.6 Å². The summed E-state index contributed by atoms with van der Waals surface area (Å²) in [7, 11) is 0. The molecule has 4 nitrogen and oxygen atoms in total. The maximum absolute atomic E-state index is 13.6. The zero-order valence-electron chi connectivity index (χ0n) is 16.4. The summed E-state index contributed by atoms with van der Waals surface area (Å²) in [5, 5.41) is 0. The Hall–Kier alpha value is -3.73. The first-order chi connectivity index (χ1) is 14.6. The molecule has 0 saturated carbocycles. The molecule has 0 fully saturated rings. The summed E-state index contributed by atoms with van der Waals surface area (Å²) >= 11 is 0. The second-order valence-electron chi connectivity index (χ2n) is 6.67. The van der Waals surface area contributed by atoms with Crippen LogP contribution in [-0.4, -0.2) is 23.3 Å². The summed E-state index contributed by atoms with van der Waals surface area (Å²) < 4.78 is 18.6. The molecule has 5 heteroatoms. The number of nitrogens with zero attached hydrogens (tertiary/aromatic N) is 1. The molecule has 3 aromatic carbocycles. The average molecular weight is 403 g/mol. The van der Waals surface area contributed by atoms with Crippen LogP contribution in [0.15, 0.2) is 97.1 Å². The fourth-order valence-electron chi connectivity index (χ4n) is 2.89. The zero-order chi connectivity index (χ0) is 21.2. The molecule has 30 heavy (non-hydrogen) atoms. The Bertz CT molecular complexity index is 1000. The number of esters is 1. The minimum atomic E-state index is -0.809. The number of amides is 1. The molecular formula is C25H22FNO3. The Morgan fingerprint density at radius 2 is 1.40 bits per heavy atom. The van der Waals surface area contributed by atoms with Crippen LogP contribution in [0.25, 0.3) is 0 Å². The third-order valence-electron chi connectivity index (χ3n) is 4.45. The van der Waals surface area contributed by atoms with Crippen molar-refractivity contribution in [2.75, 3.05) is 6.54 Å². The monoisotopic (exact) mass is 403 g/mol. The van der Waals surface area contributed by atoms with Gasteiger partial charge in [-0.05, 0) is 29.7 Å². The maximum Gasteiger partial charge on any atom is 0.336 e. The van der Waals surface area contributed by atoms with Crippen molar-refractivity contribution in [2.24, 2.45) is 0 Å². The quantitative estimate of drug-likeness (QED) is 0.315. The number of halogens is 1. The van der Waals surface area contributed by atoms with Gasteiger partial charge in [-0.2, -0.15) is 0 Å². The van der Waals surface area contributed by atoms with Gasteiger partial charge in [0.25, 0.3) is 0 Å². The van der Waals surface area contributed by atoms with E-state index >= 15 is 0 Å². The molecule has 0 aliphatic carbocycles. The lowest BCUT2D eigenvalue weighted by molar-refractivity contribution is -0.130. The van der Waals surface area contributed by atoms with Crippen molar-refractivity contribution in [3.8, 4) is 5.75 Å². The summed E-state index contributed by atoms with van der Waals surface area (Å²) in [6, 6.07) is 25.1. The van der Waals surface area contributed by atoms with E-state index < -0.39 is 11.8 Å². The predicted octanol–water partition coefficient (Wildman–Crippen LogP) is 4.56. The van der Waals surface area contributed by atoms with Crippen LogP contribution in [0, 0.1) is 5.82 Å². The fourth-order valence-corrected chi connectivity index (χ4v) is 2.89. The van der Waals surface area contributed by atoms with E-state index in [0.29, 0.717) is 19.5 Å². The molecule has 0 radical (unpaired) electrons. The molecule has 1 amide bonds. The van der Waals surface area contributed by atoms with Gasteiger partial charge < -0.3 is 9.64 Å². The second kappa shape index (κ2) is 10.7. The Balaban J connectivity index is 1.66. The van der Waals surface area contributed by atoms with Gasteiger partial charge in [0.15, 0.2) is 11.6 Å². The van der Waals surface area contributed by atoms with Crippen LogP contribution >= 0.6 is 0 Å². The number of para-hydroxylation sites is 1. The van der Waals surface area contributed by atoms with Crippen LogP contribution in [0.5, 0.6) is 5.75 Å². The van der Waals surface area contributed by atoms with Crippen LogP contribution in [0.4, 0.5) is 4.39 Å². The van der Waals surface area contributed by atoms with Gasteiger partial charge in [-0.15, -0.1) is 0 Å². The predicted molar refractivity (Wildman–Crippen MR) is 113 cm³/mol. The van der Waals surface area contributed by atoms with Gasteiger partial charge in [-0.3, -0.25) is 4.79 Å². The van der Waals surface area contributed by atoms with Gasteiger partial charge >= 0.3 is 5.97 Å². The van der Waals surface area contributed by atoms with Crippen molar-refractivity contribution in [3.63, 3.8) is 0 Å². The smallest absolute Gasteiger partial charge is 0.336 e. The molecular weight excluding hydrogens is 381 g/mol. The molecule has 0 unspecified atom stereocenters. The third kappa shape index (κ3) is 6.41. The minimum Gasteiger partial charge on any atom is -0.420 e. The first-order valence-electron chi connectivity index (χ1n) is 9.63. The highest BCUT2D eigenvalue weighted by Gasteiger charge is 2.13. The van der Waals surface area contributed by atoms with Crippen LogP contribution < -0.4 is 4.74 Å². The fraction of sp³-hybridized carbons (Fsp3) is 0.120. The minimum absolute atomic E-state index is 0.176. The molecule has 3 rings (SSSR count). The van der Waals surface area contributed by atoms with Gasteiger partial charge in [-0.1, -0.05) is 72.8 Å². The van der Waals surface area contributed by atoms with Crippen LogP contribution in [0.1, 0.15) is 11.1 Å². The van der Waals surface area contributed by atoms with Crippen LogP contribution in [0.3, 0.4) is 0 Å². The van der Waals surface area contributed by atoms with E-state index in [2.05, 4.69) is 0 Å². The summed E-state index contributed by atoms with van der Waals surface area (Å²) in [5.41, 5.74) is 2.10. The summed E-state index contributed by atoms with van der Waals surface area (Å²) in [6.07, 6.45) is 2.87. The van der Waals surface area contributed by atoms with E-state index in [4.69, 9.17) is 4.74 Å². The SMILES string of the molecule is O=C(/C=C/C(=O)N(CCc1ccccc1)Cc1ccccc1)Oc1ccccc1F. The van der Waals surface area contributed by atoms with Gasteiger partial charge in [0, 0.05) is 25.2 Å². The van der Waals surface area contributed by atoms with Crippen molar-refractivity contribution >= 4 is 11.9 Å². The first kappa shape index (κ1) is 21.0. The van der Waals surface area contributed by atoms with Crippen molar-refractivity contribution in [2.45, 2.75) is 13.0 Å². The third-order valence-corrected chi connectivity index (χ3v) is 4.45. The average Bonchev–Trinajstić information content (AvgIpc) is 2.78. The van der Waals surface area contributed by atoms with E-state index in [1.807, 2.05) is 60.7 Å². The number of carbonyl (C=O) groups is 2. The normalized spacial score (nSPS) is 10.7. The number of hydrogen-bond acceptors (Lipinski definition) is 3. The van der Waals surface area contributed by atoms with Gasteiger partial charge in [0.2, 0.25) is 5.91 Å². The number of hydrogen-bond donors (Lipinski definition) is 0. The molecule has 152 valence electrons. The zero-order valence-corrected chi connectivity index (χ0v) is 16.4. The highest BCUT2D eigenvalue weighted by atomic mass is 19.1. The Morgan fingerprint density at radius 3 is 2.07 bits per heavy atom. The standard InChI is InChI=1S/C25H22FNO3/c26-22-13-7-8-14-23(22)30-25(29)16-15-24(28)27(19-21-11-5-2-6-12-21)18-17-20-9-3-1-4-10-20/h1-16H,17-19H2/b16-15+. The van der Waals surface area contributed by atoms with Gasteiger partial charge in [0.1, 0.15) is 0 Å². The molecule has 0 spiro atoms. The molecule has 0 saturated heterocycles. The van der Waals surface area contributed by atoms with Crippen molar-refractivity contribution in [1.29, 1.82) is 0 Å². The summed E-state index contributed by atoms with van der Waals surface area (Å²) in [4.78, 5) is 26.4. The van der Waals surface area contributed by atoms with Crippen LogP contribution in [-0.2, 0) is 22.6 Å². The highest BCUT2D eigenvalue weighted by Crippen LogP contribution is 2.15. The lowest BCUT2D eigenvalue weighted by Gasteiger charge is -2.21. The lowest BCUT2D eigenvalue weighted by atomic mass is 10.1. The maximum atomic E-state index is 13.6. The molecule has 0 bridgehead atoms. The van der Waals surface area contributed by atoms with E-state index in [1.165, 1.54) is 18.2 Å². The Labute approximate surface area is 175 Å². The van der Waals surface area contributed by atoms with Crippen molar-refractivity contribution in [3.05, 3.63) is 114 Å². The second-order valence-corrected chi connectivity index (χ2v) is 6.67. The number of benzene rings is 3. The Kier molecular flexibility index (Phi) is 7.50. The van der Waals surface area contributed by atoms with Gasteiger partial charge in [0.05, 0.1) is 0 Å².